The third kappa shape index (κ3) is 1.24. The maximum Gasteiger partial charge on any atom is 0.341 e. The number of ether oxygens (including phenoxy) is 1. The third-order valence-electron chi connectivity index (χ3n) is 2.20. The minimum atomic E-state index is -1.11. The van der Waals surface area contributed by atoms with E-state index < -0.39 is 11.6 Å². The van der Waals surface area contributed by atoms with E-state index in [1.165, 1.54) is 11.3 Å². The standard InChI is InChI=1S/C8H9NO3S/c10-7(11)8(2-1-3-12-8)6-4-9-5-13-6/h4-5H,1-3H2,(H,10,11). The molecule has 1 fully saturated rings. The van der Waals surface area contributed by atoms with E-state index in [1.54, 1.807) is 11.7 Å². The van der Waals surface area contributed by atoms with E-state index in [0.717, 1.165) is 6.42 Å². The molecule has 0 aliphatic carbocycles. The summed E-state index contributed by atoms with van der Waals surface area (Å²) in [5, 5.41) is 9.09. The Labute approximate surface area is 79.2 Å². The van der Waals surface area contributed by atoms with Gasteiger partial charge in [0.2, 0.25) is 5.60 Å². The number of hydrogen-bond acceptors (Lipinski definition) is 4. The summed E-state index contributed by atoms with van der Waals surface area (Å²) < 4.78 is 5.32. The predicted octanol–water partition coefficient (Wildman–Crippen LogP) is 1.23. The fraction of sp³-hybridized carbons (Fsp3) is 0.500. The van der Waals surface area contributed by atoms with E-state index >= 15 is 0 Å². The second-order valence-corrected chi connectivity index (χ2v) is 3.84. The van der Waals surface area contributed by atoms with Gasteiger partial charge in [0.05, 0.1) is 10.4 Å². The van der Waals surface area contributed by atoms with Gasteiger partial charge in [0.25, 0.3) is 0 Å². The fourth-order valence-electron chi connectivity index (χ4n) is 1.52. The highest BCUT2D eigenvalue weighted by Gasteiger charge is 2.45. The van der Waals surface area contributed by atoms with Crippen LogP contribution in [-0.4, -0.2) is 22.7 Å². The molecular formula is C8H9NO3S. The van der Waals surface area contributed by atoms with Crippen LogP contribution in [0.4, 0.5) is 0 Å². The van der Waals surface area contributed by atoms with Gasteiger partial charge < -0.3 is 9.84 Å². The molecule has 0 amide bonds. The molecule has 5 heteroatoms. The minimum absolute atomic E-state index is 0.518. The molecule has 1 atom stereocenters. The molecule has 13 heavy (non-hydrogen) atoms. The molecule has 0 spiro atoms. The third-order valence-corrected chi connectivity index (χ3v) is 3.11. The van der Waals surface area contributed by atoms with Gasteiger partial charge in [0.1, 0.15) is 0 Å². The Balaban J connectivity index is 2.39. The van der Waals surface area contributed by atoms with Crippen LogP contribution in [0, 0.1) is 0 Å². The zero-order valence-corrected chi connectivity index (χ0v) is 7.71. The maximum absolute atomic E-state index is 11.1. The molecule has 1 aromatic rings. The summed E-state index contributed by atoms with van der Waals surface area (Å²) in [5.74, 6) is -0.908. The number of carboxylic acid groups (broad SMARTS) is 1. The van der Waals surface area contributed by atoms with Crippen molar-refractivity contribution in [2.45, 2.75) is 18.4 Å². The first-order valence-corrected chi connectivity index (χ1v) is 4.90. The molecule has 1 saturated heterocycles. The molecule has 2 rings (SSSR count). The van der Waals surface area contributed by atoms with Crippen molar-refractivity contribution >= 4 is 17.3 Å². The van der Waals surface area contributed by atoms with Crippen molar-refractivity contribution in [2.75, 3.05) is 6.61 Å². The van der Waals surface area contributed by atoms with Crippen LogP contribution in [0.2, 0.25) is 0 Å². The number of carboxylic acids is 1. The summed E-state index contributed by atoms with van der Waals surface area (Å²) >= 11 is 1.33. The predicted molar refractivity (Wildman–Crippen MR) is 46.6 cm³/mol. The normalized spacial score (nSPS) is 27.7. The summed E-state index contributed by atoms with van der Waals surface area (Å²) in [6.07, 6.45) is 2.92. The van der Waals surface area contributed by atoms with Crippen LogP contribution < -0.4 is 0 Å². The molecule has 1 aromatic heterocycles. The Bertz CT molecular complexity index is 303. The molecule has 70 valence electrons. The highest BCUT2D eigenvalue weighted by molar-refractivity contribution is 7.09. The maximum atomic E-state index is 11.1. The van der Waals surface area contributed by atoms with Gasteiger partial charge in [-0.1, -0.05) is 0 Å². The van der Waals surface area contributed by atoms with E-state index in [4.69, 9.17) is 9.84 Å². The summed E-state index contributed by atoms with van der Waals surface area (Å²) in [5.41, 5.74) is 0.517. The van der Waals surface area contributed by atoms with Crippen molar-refractivity contribution in [2.24, 2.45) is 0 Å². The van der Waals surface area contributed by atoms with Gasteiger partial charge in [0.15, 0.2) is 0 Å². The summed E-state index contributed by atoms with van der Waals surface area (Å²) in [4.78, 5) is 15.6. The Morgan fingerprint density at radius 2 is 2.62 bits per heavy atom. The van der Waals surface area contributed by atoms with E-state index in [2.05, 4.69) is 4.98 Å². The number of rotatable bonds is 2. The molecule has 1 aliphatic rings. The monoisotopic (exact) mass is 199 g/mol. The van der Waals surface area contributed by atoms with Crippen molar-refractivity contribution in [3.05, 3.63) is 16.6 Å². The average Bonchev–Trinajstić information content (AvgIpc) is 2.75. The topological polar surface area (TPSA) is 59.4 Å². The van der Waals surface area contributed by atoms with Crippen LogP contribution in [0.15, 0.2) is 11.7 Å². The van der Waals surface area contributed by atoms with Gasteiger partial charge in [0, 0.05) is 12.8 Å². The van der Waals surface area contributed by atoms with Gasteiger partial charge in [-0.2, -0.15) is 0 Å². The second kappa shape index (κ2) is 3.08. The van der Waals surface area contributed by atoms with Gasteiger partial charge in [-0.05, 0) is 12.8 Å². The number of hydrogen-bond donors (Lipinski definition) is 1. The van der Waals surface area contributed by atoms with Crippen LogP contribution in [0.5, 0.6) is 0 Å². The number of thiazole rings is 1. The number of nitrogens with zero attached hydrogens (tertiary/aromatic N) is 1. The summed E-state index contributed by atoms with van der Waals surface area (Å²) in [6, 6.07) is 0. The number of aliphatic carboxylic acids is 1. The highest BCUT2D eigenvalue weighted by Crippen LogP contribution is 2.38. The van der Waals surface area contributed by atoms with Gasteiger partial charge >= 0.3 is 5.97 Å². The van der Waals surface area contributed by atoms with E-state index in [1.807, 2.05) is 0 Å². The molecule has 0 radical (unpaired) electrons. The largest absolute Gasteiger partial charge is 0.479 e. The van der Waals surface area contributed by atoms with Crippen molar-refractivity contribution in [3.63, 3.8) is 0 Å². The SMILES string of the molecule is O=C(O)C1(c2cncs2)CCCO1. The van der Waals surface area contributed by atoms with E-state index in [-0.39, 0.29) is 0 Å². The van der Waals surface area contributed by atoms with Crippen LogP contribution in [0.25, 0.3) is 0 Å². The van der Waals surface area contributed by atoms with Crippen LogP contribution in [-0.2, 0) is 15.1 Å². The van der Waals surface area contributed by atoms with E-state index in [9.17, 15) is 4.79 Å². The lowest BCUT2D eigenvalue weighted by atomic mass is 9.99. The first-order valence-electron chi connectivity index (χ1n) is 4.02. The number of carbonyl (C=O) groups is 1. The molecule has 0 saturated carbocycles. The second-order valence-electron chi connectivity index (χ2n) is 2.95. The van der Waals surface area contributed by atoms with Crippen molar-refractivity contribution < 1.29 is 14.6 Å². The lowest BCUT2D eigenvalue weighted by molar-refractivity contribution is -0.160. The highest BCUT2D eigenvalue weighted by atomic mass is 32.1. The minimum Gasteiger partial charge on any atom is -0.479 e. The average molecular weight is 199 g/mol. The molecule has 2 heterocycles. The van der Waals surface area contributed by atoms with Crippen molar-refractivity contribution in [1.29, 1.82) is 0 Å². The molecule has 1 N–H and O–H groups in total. The van der Waals surface area contributed by atoms with Crippen LogP contribution in [0.1, 0.15) is 17.7 Å². The molecule has 4 nitrogen and oxygen atoms in total. The quantitative estimate of drug-likeness (QED) is 0.778. The Morgan fingerprint density at radius 1 is 1.77 bits per heavy atom. The van der Waals surface area contributed by atoms with Crippen molar-refractivity contribution in [3.8, 4) is 0 Å². The fourth-order valence-corrected chi connectivity index (χ4v) is 2.32. The lowest BCUT2D eigenvalue weighted by Crippen LogP contribution is -2.33. The smallest absolute Gasteiger partial charge is 0.341 e. The lowest BCUT2D eigenvalue weighted by Gasteiger charge is -2.20. The molecule has 0 bridgehead atoms. The zero-order chi connectivity index (χ0) is 9.31. The molecular weight excluding hydrogens is 190 g/mol. The van der Waals surface area contributed by atoms with Gasteiger partial charge in [-0.25, -0.2) is 4.79 Å². The molecule has 0 aromatic carbocycles. The van der Waals surface area contributed by atoms with Gasteiger partial charge in [-0.15, -0.1) is 11.3 Å². The van der Waals surface area contributed by atoms with E-state index in [0.29, 0.717) is 17.9 Å². The Hall–Kier alpha value is -0.940. The first-order chi connectivity index (χ1) is 6.26. The Kier molecular flexibility index (Phi) is 2.05. The van der Waals surface area contributed by atoms with Crippen molar-refractivity contribution in [1.82, 2.24) is 4.98 Å². The zero-order valence-electron chi connectivity index (χ0n) is 6.90. The number of aromatic nitrogens is 1. The summed E-state index contributed by atoms with van der Waals surface area (Å²) in [7, 11) is 0. The van der Waals surface area contributed by atoms with Crippen LogP contribution >= 0.6 is 11.3 Å². The van der Waals surface area contributed by atoms with Gasteiger partial charge in [-0.3, -0.25) is 4.98 Å². The summed E-state index contributed by atoms with van der Waals surface area (Å²) in [6.45, 7) is 0.518. The first kappa shape index (κ1) is 8.65. The molecule has 1 aliphatic heterocycles. The molecule has 1 unspecified atom stereocenters. The Morgan fingerprint density at radius 3 is 3.08 bits per heavy atom. The van der Waals surface area contributed by atoms with Crippen LogP contribution in [0.3, 0.4) is 0 Å².